The van der Waals surface area contributed by atoms with E-state index in [1.54, 1.807) is 0 Å². The number of hydrogen-bond donors (Lipinski definition) is 0. The number of fused-ring (bicyclic) bond motifs is 11. The van der Waals surface area contributed by atoms with Crippen molar-refractivity contribution in [2.75, 3.05) is 4.90 Å². The summed E-state index contributed by atoms with van der Waals surface area (Å²) in [6.07, 6.45) is 0. The van der Waals surface area contributed by atoms with E-state index in [2.05, 4.69) is 264 Å². The summed E-state index contributed by atoms with van der Waals surface area (Å²) < 4.78 is 5.02. The molecule has 2 nitrogen and oxygen atoms in total. The Bertz CT molecular complexity index is 4030. The third-order valence-electron chi connectivity index (χ3n) is 14.4. The van der Waals surface area contributed by atoms with Crippen LogP contribution in [0.15, 0.2) is 255 Å². The minimum Gasteiger partial charge on any atom is -0.310 e. The summed E-state index contributed by atoms with van der Waals surface area (Å²) in [7, 11) is 0. The van der Waals surface area contributed by atoms with Crippen molar-refractivity contribution in [3.63, 3.8) is 0 Å². The van der Waals surface area contributed by atoms with Crippen molar-refractivity contribution in [1.82, 2.24) is 4.57 Å². The monoisotopic (exact) mass is 882 g/mol. The Morgan fingerprint density at radius 1 is 0.382 bits per heavy atom. The van der Waals surface area contributed by atoms with Crippen molar-refractivity contribution in [1.29, 1.82) is 0 Å². The molecule has 0 atom stereocenters. The molecule has 0 fully saturated rings. The van der Waals surface area contributed by atoms with E-state index < -0.39 is 5.41 Å². The first-order valence-electron chi connectivity index (χ1n) is 23.4. The average Bonchev–Trinajstić information content (AvgIpc) is 4.06. The molecule has 0 saturated carbocycles. The van der Waals surface area contributed by atoms with E-state index in [-0.39, 0.29) is 0 Å². The maximum atomic E-state index is 2.50. The number of thiophene rings is 1. The van der Waals surface area contributed by atoms with Gasteiger partial charge in [0.2, 0.25) is 0 Å². The van der Waals surface area contributed by atoms with Gasteiger partial charge in [-0.1, -0.05) is 194 Å². The van der Waals surface area contributed by atoms with E-state index >= 15 is 0 Å². The van der Waals surface area contributed by atoms with Crippen molar-refractivity contribution in [3.05, 3.63) is 277 Å². The maximum Gasteiger partial charge on any atom is 0.0714 e. The highest BCUT2D eigenvalue weighted by Gasteiger charge is 2.46. The van der Waals surface area contributed by atoms with Gasteiger partial charge < -0.3 is 9.47 Å². The highest BCUT2D eigenvalue weighted by molar-refractivity contribution is 7.26. The third-order valence-corrected chi connectivity index (χ3v) is 15.6. The van der Waals surface area contributed by atoms with Crippen molar-refractivity contribution in [2.24, 2.45) is 0 Å². The Morgan fingerprint density at radius 3 is 1.79 bits per heavy atom. The quantitative estimate of drug-likeness (QED) is 0.155. The summed E-state index contributed by atoms with van der Waals surface area (Å²) in [5.74, 6) is 0. The van der Waals surface area contributed by atoms with Crippen LogP contribution in [0.1, 0.15) is 22.3 Å². The number of nitrogens with zero attached hydrogens (tertiary/aromatic N) is 2. The fourth-order valence-corrected chi connectivity index (χ4v) is 12.7. The van der Waals surface area contributed by atoms with Gasteiger partial charge in [-0.15, -0.1) is 11.3 Å². The van der Waals surface area contributed by atoms with Crippen LogP contribution in [0.25, 0.3) is 80.7 Å². The van der Waals surface area contributed by atoms with Crippen molar-refractivity contribution in [3.8, 4) is 27.9 Å². The summed E-state index contributed by atoms with van der Waals surface area (Å²) in [4.78, 5) is 2.50. The lowest BCUT2D eigenvalue weighted by atomic mass is 9.67. The first-order chi connectivity index (χ1) is 33.7. The Labute approximate surface area is 398 Å². The first kappa shape index (κ1) is 38.7. The van der Waals surface area contributed by atoms with Gasteiger partial charge in [-0.05, 0) is 111 Å². The van der Waals surface area contributed by atoms with Gasteiger partial charge in [-0.2, -0.15) is 0 Å². The average molecular weight is 883 g/mol. The molecule has 1 aliphatic carbocycles. The zero-order valence-electron chi connectivity index (χ0n) is 37.1. The van der Waals surface area contributed by atoms with Crippen LogP contribution in [-0.4, -0.2) is 4.57 Å². The zero-order chi connectivity index (χ0) is 44.8. The highest BCUT2D eigenvalue weighted by Crippen LogP contribution is 2.57. The number of para-hydroxylation sites is 1. The Kier molecular flexibility index (Phi) is 8.71. The molecular formula is C65H42N2S. The molecule has 0 bridgehead atoms. The van der Waals surface area contributed by atoms with Crippen LogP contribution in [0, 0.1) is 0 Å². The smallest absolute Gasteiger partial charge is 0.0714 e. The number of aromatic nitrogens is 1. The molecule has 0 aliphatic heterocycles. The van der Waals surface area contributed by atoms with Crippen LogP contribution in [0.2, 0.25) is 0 Å². The summed E-state index contributed by atoms with van der Waals surface area (Å²) in [5, 5.41) is 7.55. The topological polar surface area (TPSA) is 8.17 Å². The predicted octanol–water partition coefficient (Wildman–Crippen LogP) is 17.8. The number of hydrogen-bond acceptors (Lipinski definition) is 2. The lowest BCUT2D eigenvalue weighted by Gasteiger charge is -2.35. The van der Waals surface area contributed by atoms with Crippen LogP contribution in [-0.2, 0) is 5.41 Å². The van der Waals surface area contributed by atoms with Gasteiger partial charge in [0.1, 0.15) is 0 Å². The van der Waals surface area contributed by atoms with E-state index in [1.165, 1.54) is 97.3 Å². The maximum absolute atomic E-state index is 2.50. The van der Waals surface area contributed by atoms with Gasteiger partial charge in [0.05, 0.1) is 22.1 Å². The molecule has 2 heterocycles. The van der Waals surface area contributed by atoms with Gasteiger partial charge in [-0.3, -0.25) is 0 Å². The molecule has 11 aromatic carbocycles. The molecule has 0 saturated heterocycles. The summed E-state index contributed by atoms with van der Waals surface area (Å²) in [5.41, 5.74) is 16.4. The second kappa shape index (κ2) is 15.3. The lowest BCUT2D eigenvalue weighted by molar-refractivity contribution is 0.768. The summed E-state index contributed by atoms with van der Waals surface area (Å²) >= 11 is 1.86. The van der Waals surface area contributed by atoms with E-state index in [0.717, 1.165) is 22.7 Å². The van der Waals surface area contributed by atoms with Gasteiger partial charge in [0.25, 0.3) is 0 Å². The molecule has 3 heteroatoms. The van der Waals surface area contributed by atoms with E-state index in [4.69, 9.17) is 0 Å². The lowest BCUT2D eigenvalue weighted by Crippen LogP contribution is -2.28. The molecule has 0 unspecified atom stereocenters. The molecular weight excluding hydrogens is 841 g/mol. The number of benzene rings is 11. The normalized spacial score (nSPS) is 12.8. The molecule has 0 radical (unpaired) electrons. The zero-order valence-corrected chi connectivity index (χ0v) is 37.9. The fourth-order valence-electron chi connectivity index (χ4n) is 11.5. The molecule has 0 amide bonds. The molecule has 2 aromatic heterocycles. The Morgan fingerprint density at radius 2 is 1.00 bits per heavy atom. The van der Waals surface area contributed by atoms with Gasteiger partial charge in [-0.25, -0.2) is 0 Å². The highest BCUT2D eigenvalue weighted by atomic mass is 32.1. The van der Waals surface area contributed by atoms with Crippen LogP contribution in [0.3, 0.4) is 0 Å². The van der Waals surface area contributed by atoms with Crippen molar-refractivity contribution < 1.29 is 0 Å². The molecule has 14 rings (SSSR count). The Balaban J connectivity index is 0.978. The molecule has 68 heavy (non-hydrogen) atoms. The van der Waals surface area contributed by atoms with Crippen molar-refractivity contribution in [2.45, 2.75) is 5.41 Å². The second-order valence-electron chi connectivity index (χ2n) is 18.0. The van der Waals surface area contributed by atoms with Gasteiger partial charge >= 0.3 is 0 Å². The molecule has 0 spiro atoms. The Hall–Kier alpha value is -8.50. The molecule has 13 aromatic rings. The SMILES string of the molecule is c1ccc(-n2c3cc(-c4ccc(N(c5ccc6c(c5)C(c5ccccc5)(c5ccccc5)c5ccccc5-6)c5cccc6sc7ccccc7c56)cc4)ccc3c3ccc4ccccc4c32)cc1. The third kappa shape index (κ3) is 5.70. The van der Waals surface area contributed by atoms with E-state index in [9.17, 15) is 0 Å². The first-order valence-corrected chi connectivity index (χ1v) is 24.2. The largest absolute Gasteiger partial charge is 0.310 e. The standard InChI is InChI=1S/C65H42N2S/c1-4-18-46(19-5-1)65(47-20-6-2-7-21-47)57-27-14-12-25-52(57)53-40-37-50(42-58(53)65)66(59-28-16-30-62-63(59)56-26-13-15-29-61(56)68-62)49-35-31-43(32-36-49)45-34-38-54-55-39-33-44-17-10-11-24-51(44)64(55)67(60(54)41-45)48-22-8-3-9-23-48/h1-42H. The predicted molar refractivity (Wildman–Crippen MR) is 289 cm³/mol. The van der Waals surface area contributed by atoms with E-state index in [1.807, 2.05) is 11.3 Å². The second-order valence-corrected chi connectivity index (χ2v) is 19.1. The molecule has 1 aliphatic rings. The minimum absolute atomic E-state index is 0.520. The van der Waals surface area contributed by atoms with Crippen LogP contribution in [0.5, 0.6) is 0 Å². The van der Waals surface area contributed by atoms with E-state index in [0.29, 0.717) is 0 Å². The van der Waals surface area contributed by atoms with Crippen molar-refractivity contribution >= 4 is 81.1 Å². The van der Waals surface area contributed by atoms with Gasteiger partial charge in [0.15, 0.2) is 0 Å². The minimum atomic E-state index is -0.520. The number of rotatable bonds is 7. The van der Waals surface area contributed by atoms with Gasteiger partial charge in [0, 0.05) is 53.4 Å². The van der Waals surface area contributed by atoms with Crippen LogP contribution in [0.4, 0.5) is 17.1 Å². The molecule has 318 valence electrons. The van der Waals surface area contributed by atoms with Crippen LogP contribution < -0.4 is 4.90 Å². The summed E-state index contributed by atoms with van der Waals surface area (Å²) in [6.45, 7) is 0. The number of anilines is 3. The molecule has 0 N–H and O–H groups in total. The summed E-state index contributed by atoms with van der Waals surface area (Å²) in [6, 6.07) is 94.4. The fraction of sp³-hybridized carbons (Fsp3) is 0.0154. The van der Waals surface area contributed by atoms with Crippen LogP contribution >= 0.6 is 11.3 Å².